The van der Waals surface area contributed by atoms with Crippen molar-refractivity contribution in [3.05, 3.63) is 0 Å². The maximum absolute atomic E-state index is 9.93. The summed E-state index contributed by atoms with van der Waals surface area (Å²) in [6.45, 7) is 0. The normalized spacial score (nSPS) is 4.33. The van der Waals surface area contributed by atoms with Gasteiger partial charge >= 0.3 is 0 Å². The smallest absolute Gasteiger partial charge is 0.221 e. The molecule has 0 spiro atoms. The fourth-order valence-electron chi connectivity index (χ4n) is 0. The molecule has 0 radical (unpaired) electrons. The molecule has 1 N–H and O–H groups in total. The van der Waals surface area contributed by atoms with Gasteiger partial charge in [-0.1, -0.05) is 22.3 Å². The topological polar surface area (TPSA) is 40.9 Å². The van der Waals surface area contributed by atoms with E-state index in [0.29, 0.717) is 0 Å². The van der Waals surface area contributed by atoms with Crippen molar-refractivity contribution in [2.45, 2.75) is 22.3 Å². The fourth-order valence-corrected chi connectivity index (χ4v) is 0. The lowest BCUT2D eigenvalue weighted by molar-refractivity contribution is -1.000. The molecule has 0 saturated carbocycles. The van der Waals surface area contributed by atoms with Crippen LogP contribution in [0.2, 0.25) is 0 Å². The Morgan fingerprint density at radius 1 is 1.56 bits per heavy atom. The maximum Gasteiger partial charge on any atom is 0.221 e. The molecule has 0 bridgehead atoms. The molecule has 0 aromatic heterocycles. The van der Waals surface area contributed by atoms with Crippen molar-refractivity contribution in [1.29, 1.82) is 5.76 Å². The van der Waals surface area contributed by atoms with Gasteiger partial charge in [0.2, 0.25) is 8.68 Å². The molecule has 0 fully saturated rings. The Morgan fingerprint density at radius 2 is 1.56 bits per heavy atom. The quantitative estimate of drug-likeness (QED) is 0.416. The Kier molecular flexibility index (Phi) is 486. The van der Waals surface area contributed by atoms with Crippen LogP contribution in [0.15, 0.2) is 0 Å². The molecule has 0 aliphatic rings. The van der Waals surface area contributed by atoms with Crippen LogP contribution in [0.4, 0.5) is 4.20 Å². The Labute approximate surface area is 83.5 Å². The van der Waals surface area contributed by atoms with Crippen LogP contribution < -0.4 is 0 Å². The van der Waals surface area contributed by atoms with Gasteiger partial charge in [0.05, 0.1) is 0 Å². The van der Waals surface area contributed by atoms with Crippen LogP contribution in [0.1, 0.15) is 22.3 Å². The summed E-state index contributed by atoms with van der Waals surface area (Å²) >= 11 is -1.41. The van der Waals surface area contributed by atoms with Crippen molar-refractivity contribution in [1.82, 2.24) is 0 Å². The first kappa shape index (κ1) is 32.2. The molecular weight excluding hydrogens is 270 g/mol. The van der Waals surface area contributed by atoms with Crippen LogP contribution in [0.25, 0.3) is 0 Å². The molecule has 62 valence electrons. The largest absolute Gasteiger partial charge is 0.274 e. The van der Waals surface area contributed by atoms with E-state index < -0.39 is 31.1 Å². The molecule has 0 atom stereocenters. The summed E-state index contributed by atoms with van der Waals surface area (Å²) in [7, 11) is -0.833. The van der Waals surface area contributed by atoms with Gasteiger partial charge in [-0.3, -0.25) is 8.23 Å². The van der Waals surface area contributed by atoms with Crippen LogP contribution in [-0.4, -0.2) is 18.0 Å². The van der Waals surface area contributed by atoms with E-state index in [9.17, 15) is 4.20 Å². The zero-order chi connectivity index (χ0) is 5.41. The predicted molar refractivity (Wildman–Crippen MR) is 57.0 cm³/mol. The number of halogens is 2. The van der Waals surface area contributed by atoms with Crippen LogP contribution in [-0.2, 0) is 3.07 Å². The molecule has 0 aliphatic carbocycles. The van der Waals surface area contributed by atoms with Crippen LogP contribution in [0.3, 0.4) is 0 Å². The van der Waals surface area contributed by atoms with Gasteiger partial charge in [0.1, 0.15) is 23.0 Å². The van der Waals surface area contributed by atoms with Crippen molar-refractivity contribution in [3.63, 3.8) is 0 Å². The monoisotopic (exact) mass is 289 g/mol. The minimum Gasteiger partial charge on any atom is -0.274 e. The Hall–Kier alpha value is 1.09. The third-order valence-corrected chi connectivity index (χ3v) is 0. The van der Waals surface area contributed by atoms with Crippen LogP contribution in [0, 0.1) is 5.16 Å². The summed E-state index contributed by atoms with van der Waals surface area (Å²) in [6, 6.07) is 0. The highest BCUT2D eigenvalue weighted by Gasteiger charge is 1.26. The summed E-state index contributed by atoms with van der Waals surface area (Å²) in [4.78, 5) is 0. The third kappa shape index (κ3) is 383. The number of nitrogens with one attached hydrogen (secondary N) is 1. The van der Waals surface area contributed by atoms with E-state index in [1.165, 1.54) is 0 Å². The summed E-state index contributed by atoms with van der Waals surface area (Å²) in [5.74, 6) is 0. The van der Waals surface area contributed by atoms with E-state index in [2.05, 4.69) is 0 Å². The van der Waals surface area contributed by atoms with E-state index in [-0.39, 0.29) is 39.6 Å². The second-order valence-corrected chi connectivity index (χ2v) is 0.254. The van der Waals surface area contributed by atoms with E-state index in [1.54, 1.807) is 0 Å². The number of hydrogen-bond acceptors (Lipinski definition) is 2. The first-order valence-electron chi connectivity index (χ1n) is 0.925. The maximum atomic E-state index is 9.93. The molecule has 0 aliphatic heterocycles. The van der Waals surface area contributed by atoms with Crippen LogP contribution >= 0.6 is 31.1 Å². The first-order chi connectivity index (χ1) is 2.83. The molecule has 0 aromatic carbocycles. The van der Waals surface area contributed by atoms with Gasteiger partial charge in [-0.25, -0.2) is 0 Å². The Morgan fingerprint density at radius 3 is 1.56 bits per heavy atom. The molecule has 6 heteroatoms. The van der Waals surface area contributed by atoms with Gasteiger partial charge in [0.25, 0.3) is 0 Å². The summed E-state index contributed by atoms with van der Waals surface area (Å²) in [6.07, 6.45) is 0. The second-order valence-electron chi connectivity index (χ2n) is 0.0845. The van der Waals surface area contributed by atoms with E-state index in [0.717, 1.165) is 0 Å². The van der Waals surface area contributed by atoms with E-state index in [4.69, 9.17) is 8.82 Å². The van der Waals surface area contributed by atoms with Gasteiger partial charge < -0.3 is 0 Å². The van der Waals surface area contributed by atoms with E-state index in [1.807, 2.05) is 0 Å². The zero-order valence-corrected chi connectivity index (χ0v) is 5.16. The lowest BCUT2D eigenvalue weighted by Crippen LogP contribution is -3.44. The minimum atomic E-state index is -1.41. The highest BCUT2D eigenvalue weighted by atomic mass is 127. The Bertz CT molecular complexity index is 49.5. The Balaban J connectivity index is -0.00000000571. The molecule has 2 nitrogen and oxygen atoms in total. The molecule has 0 rings (SSSR count). The SMILES string of the molecule is C.C.C.N=PF.[3H]I=O.[AlH3]. The van der Waals surface area contributed by atoms with Gasteiger partial charge in [0, 0.05) is 0 Å². The van der Waals surface area contributed by atoms with Gasteiger partial charge in [-0.05, 0) is 0 Å². The van der Waals surface area contributed by atoms with Gasteiger partial charge in [-0.15, -0.1) is 0 Å². The molecule has 0 aromatic rings. The molecular formula is C3H17AlFINOP. The van der Waals surface area contributed by atoms with Crippen molar-refractivity contribution < 1.29 is 7.27 Å². The summed E-state index contributed by atoms with van der Waals surface area (Å²) in [5, 5.41) is 5.51. The molecule has 0 saturated heterocycles. The van der Waals surface area contributed by atoms with Crippen molar-refractivity contribution in [3.8, 4) is 0 Å². The lowest BCUT2D eigenvalue weighted by Gasteiger charge is -1.27. The number of rotatable bonds is 0. The average molecular weight is 289 g/mol. The highest BCUT2D eigenvalue weighted by molar-refractivity contribution is 7.18. The molecule has 0 amide bonds. The third-order valence-electron chi connectivity index (χ3n) is 0. The summed E-state index contributed by atoms with van der Waals surface area (Å²) < 4.78 is 24.4. The zero-order valence-electron chi connectivity index (χ0n) is 3.11. The van der Waals surface area contributed by atoms with E-state index >= 15 is 0 Å². The lowest BCUT2D eigenvalue weighted by atomic mass is 12.0. The first-order valence-corrected chi connectivity index (χ1v) is 2.21. The average Bonchev–Trinajstić information content (AvgIpc) is 1.39. The van der Waals surface area contributed by atoms with Crippen LogP contribution in [0.5, 0.6) is 0 Å². The predicted octanol–water partition coefficient (Wildman–Crippen LogP) is 2.80. The summed E-state index contributed by atoms with van der Waals surface area (Å²) in [5.41, 5.74) is 0. The molecule has 0 heterocycles. The van der Waals surface area contributed by atoms with Crippen molar-refractivity contribution in [2.24, 2.45) is 0 Å². The van der Waals surface area contributed by atoms with Gasteiger partial charge in [0.15, 0.2) is 17.4 Å². The highest BCUT2D eigenvalue weighted by Crippen LogP contribution is 1.85. The molecule has 9 heavy (non-hydrogen) atoms. The molecule has 0 unspecified atom stereocenters. The standard InChI is InChI=1S/3CH4.Al.FHNP.HIO.3H/c;;;;1-3-2;1-2;;;/h3*1H4;;2H;1H;;;/i;;;;;1T;;;. The second kappa shape index (κ2) is 136. The van der Waals surface area contributed by atoms with Crippen molar-refractivity contribution in [2.75, 3.05) is 0 Å². The van der Waals surface area contributed by atoms with Gasteiger partial charge in [-0.2, -0.15) is 4.20 Å². The fraction of sp³-hybridized carbons (Fsp3) is 1.00. The van der Waals surface area contributed by atoms with Crippen molar-refractivity contribution >= 4 is 48.4 Å². The number of hydrogen-bond donors (Lipinski definition) is 1. The minimum absolute atomic E-state index is 0.